The van der Waals surface area contributed by atoms with E-state index < -0.39 is 0 Å². The summed E-state index contributed by atoms with van der Waals surface area (Å²) in [7, 11) is 0. The summed E-state index contributed by atoms with van der Waals surface area (Å²) >= 11 is 0. The molecular weight excluding hydrogens is 203 g/mol. The molecular formula is C13H15FN2. The average molecular weight is 218 g/mol. The van der Waals surface area contributed by atoms with Crippen LogP contribution in [0.4, 0.5) is 4.39 Å². The molecule has 2 rings (SSSR count). The Kier molecular flexibility index (Phi) is 2.88. The van der Waals surface area contributed by atoms with Gasteiger partial charge < -0.3 is 5.73 Å². The van der Waals surface area contributed by atoms with Crippen LogP contribution in [0.15, 0.2) is 24.4 Å². The Morgan fingerprint density at radius 3 is 2.88 bits per heavy atom. The van der Waals surface area contributed by atoms with Gasteiger partial charge in [0, 0.05) is 17.6 Å². The summed E-state index contributed by atoms with van der Waals surface area (Å²) in [6.45, 7) is 3.87. The van der Waals surface area contributed by atoms with Crippen molar-refractivity contribution in [1.82, 2.24) is 4.98 Å². The first-order valence-corrected chi connectivity index (χ1v) is 5.37. The monoisotopic (exact) mass is 218 g/mol. The van der Waals surface area contributed by atoms with Crippen LogP contribution in [0, 0.1) is 12.7 Å². The number of hydrogen-bond donors (Lipinski definition) is 1. The Balaban J connectivity index is 2.68. The van der Waals surface area contributed by atoms with Crippen LogP contribution in [0.25, 0.3) is 10.9 Å². The maximum absolute atomic E-state index is 13.5. The van der Waals surface area contributed by atoms with Gasteiger partial charge >= 0.3 is 0 Å². The fourth-order valence-electron chi connectivity index (χ4n) is 1.92. The molecule has 1 unspecified atom stereocenters. The third-order valence-corrected chi connectivity index (χ3v) is 2.65. The van der Waals surface area contributed by atoms with Gasteiger partial charge in [-0.2, -0.15) is 0 Å². The second-order valence-electron chi connectivity index (χ2n) is 4.27. The minimum absolute atomic E-state index is 0.00677. The van der Waals surface area contributed by atoms with Crippen LogP contribution in [0.5, 0.6) is 0 Å². The zero-order chi connectivity index (χ0) is 11.7. The summed E-state index contributed by atoms with van der Waals surface area (Å²) in [5.74, 6) is -0.223. The smallest absolute Gasteiger partial charge is 0.124 e. The molecule has 1 aromatic heterocycles. The molecule has 2 nitrogen and oxygen atoms in total. The highest BCUT2D eigenvalue weighted by atomic mass is 19.1. The Morgan fingerprint density at radius 2 is 2.19 bits per heavy atom. The molecule has 0 saturated heterocycles. The summed E-state index contributed by atoms with van der Waals surface area (Å²) in [5, 5.41) is 0.873. The van der Waals surface area contributed by atoms with E-state index >= 15 is 0 Å². The molecule has 0 aliphatic carbocycles. The Hall–Kier alpha value is -1.48. The number of rotatable bonds is 2. The molecule has 0 saturated carbocycles. The van der Waals surface area contributed by atoms with E-state index in [1.807, 2.05) is 19.9 Å². The minimum Gasteiger partial charge on any atom is -0.328 e. The zero-order valence-electron chi connectivity index (χ0n) is 9.50. The number of fused-ring (bicyclic) bond motifs is 1. The molecule has 0 fully saturated rings. The maximum Gasteiger partial charge on any atom is 0.124 e. The van der Waals surface area contributed by atoms with Crippen molar-refractivity contribution in [1.29, 1.82) is 0 Å². The van der Waals surface area contributed by atoms with Gasteiger partial charge in [-0.15, -0.1) is 0 Å². The molecule has 2 N–H and O–H groups in total. The number of nitrogens with zero attached hydrogens (tertiary/aromatic N) is 1. The number of aromatic nitrogens is 1. The predicted octanol–water partition coefficient (Wildman–Crippen LogP) is 2.57. The van der Waals surface area contributed by atoms with E-state index in [1.165, 1.54) is 12.1 Å². The number of aryl methyl sites for hydroxylation is 1. The SMILES string of the molecule is Cc1ccnc2c(CC(C)N)cc(F)cc12. The van der Waals surface area contributed by atoms with E-state index in [-0.39, 0.29) is 11.9 Å². The third kappa shape index (κ3) is 2.04. The molecule has 0 aliphatic rings. The molecule has 1 heterocycles. The average Bonchev–Trinajstić information content (AvgIpc) is 2.18. The summed E-state index contributed by atoms with van der Waals surface area (Å²) in [5.41, 5.74) is 8.53. The van der Waals surface area contributed by atoms with E-state index in [0.717, 1.165) is 22.0 Å². The predicted molar refractivity (Wildman–Crippen MR) is 63.8 cm³/mol. The summed E-state index contributed by atoms with van der Waals surface area (Å²) < 4.78 is 13.5. The van der Waals surface area contributed by atoms with E-state index in [4.69, 9.17) is 5.73 Å². The van der Waals surface area contributed by atoms with Crippen molar-refractivity contribution in [2.24, 2.45) is 5.73 Å². The van der Waals surface area contributed by atoms with E-state index in [1.54, 1.807) is 6.20 Å². The molecule has 0 amide bonds. The molecule has 0 spiro atoms. The highest BCUT2D eigenvalue weighted by Crippen LogP contribution is 2.22. The second-order valence-corrected chi connectivity index (χ2v) is 4.27. The Morgan fingerprint density at radius 1 is 1.44 bits per heavy atom. The first-order chi connectivity index (χ1) is 7.58. The largest absolute Gasteiger partial charge is 0.328 e. The highest BCUT2D eigenvalue weighted by molar-refractivity contribution is 5.84. The normalized spacial score (nSPS) is 13.0. The van der Waals surface area contributed by atoms with Gasteiger partial charge in [0.05, 0.1) is 5.52 Å². The van der Waals surface area contributed by atoms with Crippen LogP contribution in [-0.2, 0) is 6.42 Å². The topological polar surface area (TPSA) is 38.9 Å². The lowest BCUT2D eigenvalue weighted by Gasteiger charge is -2.10. The second kappa shape index (κ2) is 4.18. The molecule has 0 radical (unpaired) electrons. The maximum atomic E-state index is 13.5. The molecule has 0 bridgehead atoms. The van der Waals surface area contributed by atoms with Gasteiger partial charge in [-0.3, -0.25) is 4.98 Å². The van der Waals surface area contributed by atoms with Crippen LogP contribution < -0.4 is 5.73 Å². The van der Waals surface area contributed by atoms with Crippen molar-refractivity contribution < 1.29 is 4.39 Å². The molecule has 84 valence electrons. The Labute approximate surface area is 94.3 Å². The first-order valence-electron chi connectivity index (χ1n) is 5.37. The lowest BCUT2D eigenvalue weighted by atomic mass is 10.0. The summed E-state index contributed by atoms with van der Waals surface area (Å²) in [6, 6.07) is 4.95. The first kappa shape index (κ1) is 11.0. The number of benzene rings is 1. The van der Waals surface area contributed by atoms with Crippen LogP contribution in [-0.4, -0.2) is 11.0 Å². The van der Waals surface area contributed by atoms with Gasteiger partial charge in [-0.1, -0.05) is 0 Å². The van der Waals surface area contributed by atoms with Crippen molar-refractivity contribution in [2.45, 2.75) is 26.3 Å². The van der Waals surface area contributed by atoms with Crippen molar-refractivity contribution in [3.05, 3.63) is 41.3 Å². The lowest BCUT2D eigenvalue weighted by molar-refractivity contribution is 0.625. The highest BCUT2D eigenvalue weighted by Gasteiger charge is 2.08. The number of nitrogens with two attached hydrogens (primary N) is 1. The summed E-state index contributed by atoms with van der Waals surface area (Å²) in [6.07, 6.45) is 2.39. The number of hydrogen-bond acceptors (Lipinski definition) is 2. The molecule has 1 atom stereocenters. The molecule has 16 heavy (non-hydrogen) atoms. The lowest BCUT2D eigenvalue weighted by Crippen LogP contribution is -2.18. The fraction of sp³-hybridized carbons (Fsp3) is 0.308. The Bertz CT molecular complexity index is 521. The van der Waals surface area contributed by atoms with Gasteiger partial charge in [0.15, 0.2) is 0 Å². The van der Waals surface area contributed by atoms with Gasteiger partial charge in [-0.05, 0) is 49.6 Å². The van der Waals surface area contributed by atoms with Crippen molar-refractivity contribution in [2.75, 3.05) is 0 Å². The summed E-state index contributed by atoms with van der Waals surface area (Å²) in [4.78, 5) is 4.31. The molecule has 0 aliphatic heterocycles. The molecule has 2 aromatic rings. The molecule has 1 aromatic carbocycles. The quantitative estimate of drug-likeness (QED) is 0.841. The van der Waals surface area contributed by atoms with Gasteiger partial charge in [0.1, 0.15) is 5.82 Å². The minimum atomic E-state index is -0.223. The van der Waals surface area contributed by atoms with Gasteiger partial charge in [0.25, 0.3) is 0 Å². The van der Waals surface area contributed by atoms with Crippen molar-refractivity contribution in [3.63, 3.8) is 0 Å². The van der Waals surface area contributed by atoms with E-state index in [2.05, 4.69) is 4.98 Å². The van der Waals surface area contributed by atoms with Crippen LogP contribution >= 0.6 is 0 Å². The number of halogens is 1. The third-order valence-electron chi connectivity index (χ3n) is 2.65. The zero-order valence-corrected chi connectivity index (χ0v) is 9.50. The van der Waals surface area contributed by atoms with Crippen LogP contribution in [0.3, 0.4) is 0 Å². The van der Waals surface area contributed by atoms with Gasteiger partial charge in [0.2, 0.25) is 0 Å². The van der Waals surface area contributed by atoms with E-state index in [9.17, 15) is 4.39 Å². The van der Waals surface area contributed by atoms with E-state index in [0.29, 0.717) is 6.42 Å². The van der Waals surface area contributed by atoms with Crippen LogP contribution in [0.1, 0.15) is 18.1 Å². The van der Waals surface area contributed by atoms with Crippen molar-refractivity contribution in [3.8, 4) is 0 Å². The molecule has 3 heteroatoms. The van der Waals surface area contributed by atoms with Crippen LogP contribution in [0.2, 0.25) is 0 Å². The standard InChI is InChI=1S/C13H15FN2/c1-8-3-4-16-13-10(5-9(2)15)6-11(14)7-12(8)13/h3-4,6-7,9H,5,15H2,1-2H3. The fourth-order valence-corrected chi connectivity index (χ4v) is 1.92. The number of pyridine rings is 1. The van der Waals surface area contributed by atoms with Crippen molar-refractivity contribution >= 4 is 10.9 Å². The van der Waals surface area contributed by atoms with Gasteiger partial charge in [-0.25, -0.2) is 4.39 Å².